The first kappa shape index (κ1) is 15.4. The predicted octanol–water partition coefficient (Wildman–Crippen LogP) is 3.61. The summed E-state index contributed by atoms with van der Waals surface area (Å²) in [5.41, 5.74) is 1.65. The number of aromatic nitrogens is 1. The lowest BCUT2D eigenvalue weighted by atomic mass is 10.0. The van der Waals surface area contributed by atoms with Crippen LogP contribution in [0.4, 0.5) is 13.2 Å². The van der Waals surface area contributed by atoms with Gasteiger partial charge in [-0.3, -0.25) is 4.79 Å². The van der Waals surface area contributed by atoms with E-state index in [-0.39, 0.29) is 12.4 Å². The van der Waals surface area contributed by atoms with E-state index in [1.54, 1.807) is 7.05 Å². The molecule has 1 aromatic carbocycles. The topological polar surface area (TPSA) is 31.2 Å². The van der Waals surface area contributed by atoms with E-state index in [4.69, 9.17) is 0 Å². The summed E-state index contributed by atoms with van der Waals surface area (Å²) in [6.07, 6.45) is -3.87. The second-order valence-electron chi connectivity index (χ2n) is 4.93. The van der Waals surface area contributed by atoms with Crippen molar-refractivity contribution in [3.8, 4) is 0 Å². The Labute approximate surface area is 120 Å². The van der Waals surface area contributed by atoms with Crippen LogP contribution in [-0.2, 0) is 29.2 Å². The molecule has 2 rings (SSSR count). The highest BCUT2D eigenvalue weighted by atomic mass is 19.4. The van der Waals surface area contributed by atoms with Gasteiger partial charge in [0.2, 0.25) is 0 Å². The molecule has 0 saturated heterocycles. The minimum atomic E-state index is -4.38. The molecule has 21 heavy (non-hydrogen) atoms. The van der Waals surface area contributed by atoms with Crippen LogP contribution in [0.25, 0.3) is 10.9 Å². The Hall–Kier alpha value is -1.98. The van der Waals surface area contributed by atoms with E-state index < -0.39 is 11.7 Å². The number of esters is 1. The van der Waals surface area contributed by atoms with Gasteiger partial charge < -0.3 is 9.30 Å². The Kier molecular flexibility index (Phi) is 3.98. The summed E-state index contributed by atoms with van der Waals surface area (Å²) < 4.78 is 44.9. The van der Waals surface area contributed by atoms with Crippen molar-refractivity contribution in [3.63, 3.8) is 0 Å². The van der Waals surface area contributed by atoms with Gasteiger partial charge in [-0.25, -0.2) is 0 Å². The number of alkyl halides is 3. The summed E-state index contributed by atoms with van der Waals surface area (Å²) in [6, 6.07) is 3.69. The van der Waals surface area contributed by atoms with E-state index in [0.717, 1.165) is 28.9 Å². The van der Waals surface area contributed by atoms with Crippen molar-refractivity contribution in [1.29, 1.82) is 0 Å². The van der Waals surface area contributed by atoms with Crippen molar-refractivity contribution in [2.75, 3.05) is 7.11 Å². The Morgan fingerprint density at radius 1 is 1.33 bits per heavy atom. The molecule has 0 N–H and O–H groups in total. The number of halogens is 3. The van der Waals surface area contributed by atoms with Crippen molar-refractivity contribution in [2.24, 2.45) is 7.05 Å². The number of aryl methyl sites for hydroxylation is 2. The van der Waals surface area contributed by atoms with Crippen molar-refractivity contribution in [2.45, 2.75) is 25.9 Å². The molecule has 0 unspecified atom stereocenters. The first-order valence-electron chi connectivity index (χ1n) is 6.47. The first-order chi connectivity index (χ1) is 9.75. The van der Waals surface area contributed by atoms with E-state index in [9.17, 15) is 18.0 Å². The third kappa shape index (κ3) is 2.89. The Morgan fingerprint density at radius 3 is 2.57 bits per heavy atom. The van der Waals surface area contributed by atoms with Crippen LogP contribution in [0.15, 0.2) is 18.2 Å². The lowest BCUT2D eigenvalue weighted by Crippen LogP contribution is -2.05. The van der Waals surface area contributed by atoms with Gasteiger partial charge in [0.15, 0.2) is 0 Å². The van der Waals surface area contributed by atoms with Gasteiger partial charge in [-0.1, -0.05) is 0 Å². The quantitative estimate of drug-likeness (QED) is 0.811. The third-order valence-corrected chi connectivity index (χ3v) is 3.76. The van der Waals surface area contributed by atoms with Crippen LogP contribution in [0.5, 0.6) is 0 Å². The van der Waals surface area contributed by atoms with Crippen LogP contribution >= 0.6 is 0 Å². The van der Waals surface area contributed by atoms with Crippen LogP contribution in [-0.4, -0.2) is 17.6 Å². The normalized spacial score (nSPS) is 11.9. The van der Waals surface area contributed by atoms with Gasteiger partial charge in [0.25, 0.3) is 0 Å². The van der Waals surface area contributed by atoms with Crippen LogP contribution < -0.4 is 0 Å². The molecule has 2 aromatic rings. The van der Waals surface area contributed by atoms with Crippen LogP contribution in [0.3, 0.4) is 0 Å². The summed E-state index contributed by atoms with van der Waals surface area (Å²) in [5.74, 6) is -0.377. The molecule has 0 bridgehead atoms. The molecule has 0 saturated carbocycles. The van der Waals surface area contributed by atoms with Gasteiger partial charge in [0, 0.05) is 30.1 Å². The fraction of sp³-hybridized carbons (Fsp3) is 0.400. The second kappa shape index (κ2) is 5.42. The standard InChI is InChI=1S/C15H16F3NO2/c1-9-11(5-7-14(20)21-3)12-8-10(15(16,17)18)4-6-13(12)19(9)2/h4,6,8H,5,7H2,1-3H3. The number of hydrogen-bond donors (Lipinski definition) is 0. The summed E-state index contributed by atoms with van der Waals surface area (Å²) >= 11 is 0. The largest absolute Gasteiger partial charge is 0.469 e. The van der Waals surface area contributed by atoms with Gasteiger partial charge in [0.1, 0.15) is 0 Å². The lowest BCUT2D eigenvalue weighted by molar-refractivity contribution is -0.140. The summed E-state index contributed by atoms with van der Waals surface area (Å²) in [7, 11) is 3.09. The van der Waals surface area contributed by atoms with Crippen LogP contribution in [0, 0.1) is 6.92 Å². The van der Waals surface area contributed by atoms with E-state index >= 15 is 0 Å². The zero-order valence-electron chi connectivity index (χ0n) is 12.0. The zero-order chi connectivity index (χ0) is 15.8. The van der Waals surface area contributed by atoms with E-state index in [2.05, 4.69) is 4.74 Å². The summed E-state index contributed by atoms with van der Waals surface area (Å²) in [5, 5.41) is 0.536. The number of ether oxygens (including phenoxy) is 1. The fourth-order valence-corrected chi connectivity index (χ4v) is 2.47. The Balaban J connectivity index is 2.52. The van der Waals surface area contributed by atoms with Gasteiger partial charge in [-0.15, -0.1) is 0 Å². The molecule has 114 valence electrons. The average Bonchev–Trinajstić information content (AvgIpc) is 2.67. The molecule has 0 aliphatic rings. The third-order valence-electron chi connectivity index (χ3n) is 3.76. The highest BCUT2D eigenvalue weighted by molar-refractivity contribution is 5.86. The first-order valence-corrected chi connectivity index (χ1v) is 6.47. The van der Waals surface area contributed by atoms with Gasteiger partial charge in [0.05, 0.1) is 12.7 Å². The average molecular weight is 299 g/mol. The molecular weight excluding hydrogens is 283 g/mol. The minimum absolute atomic E-state index is 0.146. The van der Waals surface area contributed by atoms with Gasteiger partial charge in [-0.05, 0) is 37.1 Å². The zero-order valence-corrected chi connectivity index (χ0v) is 12.0. The summed E-state index contributed by atoms with van der Waals surface area (Å²) in [4.78, 5) is 11.3. The number of benzene rings is 1. The molecule has 0 spiro atoms. The number of carbonyl (C=O) groups excluding carboxylic acids is 1. The van der Waals surface area contributed by atoms with Gasteiger partial charge >= 0.3 is 12.1 Å². The smallest absolute Gasteiger partial charge is 0.416 e. The number of carbonyl (C=O) groups is 1. The van der Waals surface area contributed by atoms with Crippen molar-refractivity contribution in [3.05, 3.63) is 35.0 Å². The number of nitrogens with zero attached hydrogens (tertiary/aromatic N) is 1. The van der Waals surface area contributed by atoms with E-state index in [0.29, 0.717) is 11.8 Å². The number of hydrogen-bond acceptors (Lipinski definition) is 2. The van der Waals surface area contributed by atoms with E-state index in [1.807, 2.05) is 11.5 Å². The number of methoxy groups -OCH3 is 1. The lowest BCUT2D eigenvalue weighted by Gasteiger charge is -2.07. The molecule has 0 aliphatic heterocycles. The van der Waals surface area contributed by atoms with E-state index in [1.165, 1.54) is 13.2 Å². The molecule has 6 heteroatoms. The van der Waals surface area contributed by atoms with Crippen molar-refractivity contribution >= 4 is 16.9 Å². The fourth-order valence-electron chi connectivity index (χ4n) is 2.47. The maximum absolute atomic E-state index is 12.8. The predicted molar refractivity (Wildman–Crippen MR) is 73.0 cm³/mol. The molecule has 0 amide bonds. The monoisotopic (exact) mass is 299 g/mol. The van der Waals surface area contributed by atoms with Gasteiger partial charge in [-0.2, -0.15) is 13.2 Å². The molecule has 0 fully saturated rings. The molecule has 0 atom stereocenters. The number of fused-ring (bicyclic) bond motifs is 1. The molecule has 1 heterocycles. The minimum Gasteiger partial charge on any atom is -0.469 e. The van der Waals surface area contributed by atoms with Crippen LogP contribution in [0.1, 0.15) is 23.2 Å². The highest BCUT2D eigenvalue weighted by Gasteiger charge is 2.31. The maximum Gasteiger partial charge on any atom is 0.416 e. The maximum atomic E-state index is 12.8. The van der Waals surface area contributed by atoms with Crippen molar-refractivity contribution < 1.29 is 22.7 Å². The molecular formula is C15H16F3NO2. The highest BCUT2D eigenvalue weighted by Crippen LogP contribution is 2.34. The summed E-state index contributed by atoms with van der Waals surface area (Å²) in [6.45, 7) is 1.83. The molecule has 1 aromatic heterocycles. The Bertz CT molecular complexity index is 686. The second-order valence-corrected chi connectivity index (χ2v) is 4.93. The number of rotatable bonds is 3. The molecule has 3 nitrogen and oxygen atoms in total. The SMILES string of the molecule is COC(=O)CCc1c(C)n(C)c2ccc(C(F)(F)F)cc12. The molecule has 0 radical (unpaired) electrons. The Morgan fingerprint density at radius 2 is 2.00 bits per heavy atom. The van der Waals surface area contributed by atoms with Crippen molar-refractivity contribution in [1.82, 2.24) is 4.57 Å². The molecule has 0 aliphatic carbocycles. The van der Waals surface area contributed by atoms with Crippen LogP contribution in [0.2, 0.25) is 0 Å².